The Morgan fingerprint density at radius 3 is 2.74 bits per heavy atom. The van der Waals surface area contributed by atoms with Crippen molar-refractivity contribution in [2.75, 3.05) is 25.6 Å². The van der Waals surface area contributed by atoms with E-state index in [1.807, 2.05) is 0 Å². The highest BCUT2D eigenvalue weighted by molar-refractivity contribution is 6.14. The first-order valence-electron chi connectivity index (χ1n) is 8.81. The van der Waals surface area contributed by atoms with Gasteiger partial charge in [-0.3, -0.25) is 24.1 Å². The number of carbonyl (C=O) groups is 4. The minimum absolute atomic E-state index is 0.0878. The predicted molar refractivity (Wildman–Crippen MR) is 91.9 cm³/mol. The van der Waals surface area contributed by atoms with Gasteiger partial charge in [-0.25, -0.2) is 0 Å². The van der Waals surface area contributed by atoms with Crippen molar-refractivity contribution >= 4 is 29.3 Å². The van der Waals surface area contributed by atoms with Gasteiger partial charge in [-0.1, -0.05) is 18.2 Å². The maximum atomic E-state index is 13.2. The Kier molecular flexibility index (Phi) is 4.01. The van der Waals surface area contributed by atoms with E-state index in [1.54, 1.807) is 29.6 Å². The van der Waals surface area contributed by atoms with Crippen molar-refractivity contribution in [3.05, 3.63) is 29.8 Å². The van der Waals surface area contributed by atoms with Crippen LogP contribution in [0.2, 0.25) is 0 Å². The average Bonchev–Trinajstić information content (AvgIpc) is 3.19. The van der Waals surface area contributed by atoms with Gasteiger partial charge >= 0.3 is 0 Å². The molecule has 27 heavy (non-hydrogen) atoms. The highest BCUT2D eigenvalue weighted by Crippen LogP contribution is 2.49. The van der Waals surface area contributed by atoms with Gasteiger partial charge in [0.1, 0.15) is 17.9 Å². The number of likely N-dealkylation sites (tertiary alicyclic amines) is 1. The van der Waals surface area contributed by atoms with E-state index < -0.39 is 35.2 Å². The van der Waals surface area contributed by atoms with Crippen LogP contribution in [-0.4, -0.2) is 54.8 Å². The smallest absolute Gasteiger partial charge is 0.291 e. The zero-order chi connectivity index (χ0) is 19.3. The first kappa shape index (κ1) is 17.6. The molecule has 0 aliphatic carbocycles. The molecule has 9 heteroatoms. The van der Waals surface area contributed by atoms with Crippen LogP contribution in [0.3, 0.4) is 0 Å². The Bertz CT molecular complexity index is 856. The molecule has 0 radical (unpaired) electrons. The molecule has 4 atom stereocenters. The van der Waals surface area contributed by atoms with Crippen LogP contribution in [0.25, 0.3) is 0 Å². The molecule has 0 bridgehead atoms. The predicted octanol–water partition coefficient (Wildman–Crippen LogP) is -2.10. The standard InChI is InChI=1S/C18H20N4O5/c1-27-7-6-22-15(24)13-11(8-12(19)23)21-18(14(13)16(22)25)9-4-2-3-5-10(9)20-17(18)26/h2-5,11,13-14,21H,6-8H2,1H3,(H2,19,23)(H,20,26)/p+1/t11-,13-,14+,18+/m1/s1. The largest absolute Gasteiger partial charge is 0.383 e. The molecule has 0 unspecified atom stereocenters. The zero-order valence-electron chi connectivity index (χ0n) is 14.8. The number of hydrogen-bond acceptors (Lipinski definition) is 5. The van der Waals surface area contributed by atoms with Crippen LogP contribution < -0.4 is 16.4 Å². The summed E-state index contributed by atoms with van der Waals surface area (Å²) in [7, 11) is 1.48. The van der Waals surface area contributed by atoms with E-state index >= 15 is 0 Å². The van der Waals surface area contributed by atoms with Gasteiger partial charge in [0.05, 0.1) is 25.3 Å². The quantitative estimate of drug-likeness (QED) is 0.508. The van der Waals surface area contributed by atoms with Crippen LogP contribution in [0, 0.1) is 11.8 Å². The lowest BCUT2D eigenvalue weighted by Gasteiger charge is -2.26. The van der Waals surface area contributed by atoms with Crippen LogP contribution in [0.4, 0.5) is 5.69 Å². The molecule has 0 aromatic heterocycles. The van der Waals surface area contributed by atoms with Crippen LogP contribution >= 0.6 is 0 Å². The van der Waals surface area contributed by atoms with Gasteiger partial charge < -0.3 is 21.1 Å². The molecule has 4 amide bonds. The molecule has 2 fully saturated rings. The fraction of sp³-hybridized carbons (Fsp3) is 0.444. The number of nitrogens with zero attached hydrogens (tertiary/aromatic N) is 1. The van der Waals surface area contributed by atoms with Crippen LogP contribution in [0.1, 0.15) is 12.0 Å². The molecule has 142 valence electrons. The Hall–Kier alpha value is -2.78. The highest BCUT2D eigenvalue weighted by atomic mass is 16.5. The number of rotatable bonds is 5. The van der Waals surface area contributed by atoms with Crippen molar-refractivity contribution in [3.63, 3.8) is 0 Å². The van der Waals surface area contributed by atoms with Gasteiger partial charge in [-0.05, 0) is 6.07 Å². The van der Waals surface area contributed by atoms with E-state index in [4.69, 9.17) is 10.5 Å². The van der Waals surface area contributed by atoms with E-state index in [0.717, 1.165) is 4.90 Å². The van der Waals surface area contributed by atoms with E-state index in [-0.39, 0.29) is 31.4 Å². The summed E-state index contributed by atoms with van der Waals surface area (Å²) in [5, 5.41) is 4.51. The maximum absolute atomic E-state index is 13.2. The fourth-order valence-electron chi connectivity index (χ4n) is 4.80. The summed E-state index contributed by atoms with van der Waals surface area (Å²) in [6.45, 7) is 0.320. The summed E-state index contributed by atoms with van der Waals surface area (Å²) in [5.41, 5.74) is 5.39. The lowest BCUT2D eigenvalue weighted by molar-refractivity contribution is -0.732. The number of hydrogen-bond donors (Lipinski definition) is 3. The number of ether oxygens (including phenoxy) is 1. The molecule has 1 aromatic rings. The maximum Gasteiger partial charge on any atom is 0.291 e. The summed E-state index contributed by atoms with van der Waals surface area (Å²) in [4.78, 5) is 52.0. The Labute approximate surface area is 155 Å². The molecule has 3 aliphatic rings. The third-order valence-electron chi connectivity index (χ3n) is 5.82. The van der Waals surface area contributed by atoms with Crippen LogP contribution in [0.5, 0.6) is 0 Å². The molecule has 0 saturated carbocycles. The summed E-state index contributed by atoms with van der Waals surface area (Å²) in [6.07, 6.45) is -0.0878. The van der Waals surface area contributed by atoms with Gasteiger partial charge in [0, 0.05) is 12.7 Å². The number of benzene rings is 1. The molecule has 4 rings (SSSR count). The summed E-state index contributed by atoms with van der Waals surface area (Å²) in [6, 6.07) is 6.54. The number of anilines is 1. The number of fused-ring (bicyclic) bond motifs is 4. The molecule has 9 nitrogen and oxygen atoms in total. The average molecular weight is 373 g/mol. The third kappa shape index (κ3) is 2.31. The highest BCUT2D eigenvalue weighted by Gasteiger charge is 2.74. The molecular formula is C18H21N4O5+. The number of para-hydroxylation sites is 1. The minimum atomic E-state index is -1.27. The van der Waals surface area contributed by atoms with E-state index in [0.29, 0.717) is 11.3 Å². The number of nitrogens with one attached hydrogen (secondary N) is 1. The van der Waals surface area contributed by atoms with Crippen molar-refractivity contribution in [1.29, 1.82) is 0 Å². The van der Waals surface area contributed by atoms with Gasteiger partial charge in [0.15, 0.2) is 0 Å². The van der Waals surface area contributed by atoms with E-state index in [9.17, 15) is 19.2 Å². The second-order valence-corrected chi connectivity index (χ2v) is 7.19. The Morgan fingerprint density at radius 2 is 2.04 bits per heavy atom. The second kappa shape index (κ2) is 6.14. The molecular weight excluding hydrogens is 352 g/mol. The third-order valence-corrected chi connectivity index (χ3v) is 5.82. The van der Waals surface area contributed by atoms with Crippen molar-refractivity contribution < 1.29 is 29.2 Å². The molecule has 5 N–H and O–H groups in total. The number of methoxy groups -OCH3 is 1. The Balaban J connectivity index is 1.83. The monoisotopic (exact) mass is 373 g/mol. The van der Waals surface area contributed by atoms with Crippen LogP contribution in [0.15, 0.2) is 24.3 Å². The fourth-order valence-corrected chi connectivity index (χ4v) is 4.80. The van der Waals surface area contributed by atoms with E-state index in [1.165, 1.54) is 7.11 Å². The van der Waals surface area contributed by atoms with Crippen molar-refractivity contribution in [2.45, 2.75) is 18.0 Å². The summed E-state index contributed by atoms with van der Waals surface area (Å²) >= 11 is 0. The molecule has 3 heterocycles. The Morgan fingerprint density at radius 1 is 1.30 bits per heavy atom. The van der Waals surface area contributed by atoms with Gasteiger partial charge in [0.25, 0.3) is 5.91 Å². The van der Waals surface area contributed by atoms with E-state index in [2.05, 4.69) is 5.32 Å². The van der Waals surface area contributed by atoms with Crippen LogP contribution in [-0.2, 0) is 29.5 Å². The second-order valence-electron chi connectivity index (χ2n) is 7.19. The molecule has 1 spiro atoms. The number of carbonyl (C=O) groups excluding carboxylic acids is 4. The SMILES string of the molecule is COCCN1C(=O)[C@H]2[C@@H](C1=O)[C@]1([NH2+][C@@H]2CC(N)=O)C(=O)Nc2ccccc21. The van der Waals surface area contributed by atoms with Gasteiger partial charge in [0.2, 0.25) is 23.3 Å². The first-order chi connectivity index (χ1) is 12.9. The number of quaternary nitrogens is 1. The summed E-state index contributed by atoms with van der Waals surface area (Å²) in [5.74, 6) is -3.36. The van der Waals surface area contributed by atoms with Gasteiger partial charge in [-0.15, -0.1) is 0 Å². The molecule has 1 aromatic carbocycles. The van der Waals surface area contributed by atoms with Crippen molar-refractivity contribution in [1.82, 2.24) is 4.90 Å². The topological polar surface area (TPSA) is 135 Å². The van der Waals surface area contributed by atoms with Crippen molar-refractivity contribution in [2.24, 2.45) is 17.6 Å². The van der Waals surface area contributed by atoms with Crippen molar-refractivity contribution in [3.8, 4) is 0 Å². The lowest BCUT2D eigenvalue weighted by atomic mass is 9.76. The minimum Gasteiger partial charge on any atom is -0.383 e. The normalized spacial score (nSPS) is 31.4. The number of nitrogens with two attached hydrogens (primary N) is 2. The lowest BCUT2D eigenvalue weighted by Crippen LogP contribution is -2.99. The van der Waals surface area contributed by atoms with Gasteiger partial charge in [-0.2, -0.15) is 0 Å². The number of imide groups is 1. The zero-order valence-corrected chi connectivity index (χ0v) is 14.8. The number of amides is 4. The molecule has 3 aliphatic heterocycles. The first-order valence-corrected chi connectivity index (χ1v) is 8.81. The summed E-state index contributed by atoms with van der Waals surface area (Å²) < 4.78 is 5.00. The molecule has 2 saturated heterocycles. The number of primary amides is 1.